The van der Waals surface area contributed by atoms with Crippen molar-refractivity contribution in [2.75, 3.05) is 6.54 Å². The smallest absolute Gasteiger partial charge is 0.146 e. The molecule has 0 aromatic carbocycles. The van der Waals surface area contributed by atoms with Crippen LogP contribution in [0.3, 0.4) is 0 Å². The quantitative estimate of drug-likeness (QED) is 0.880. The van der Waals surface area contributed by atoms with Crippen LogP contribution in [0, 0.1) is 5.82 Å². The van der Waals surface area contributed by atoms with E-state index in [0.717, 1.165) is 18.5 Å². The van der Waals surface area contributed by atoms with E-state index < -0.39 is 0 Å². The lowest BCUT2D eigenvalue weighted by Gasteiger charge is -2.19. The highest BCUT2D eigenvalue weighted by molar-refractivity contribution is 5.30. The van der Waals surface area contributed by atoms with E-state index in [9.17, 15) is 4.39 Å². The number of halogens is 1. The molecule has 0 spiro atoms. The molecule has 94 valence electrons. The normalized spacial score (nSPS) is 12.3. The van der Waals surface area contributed by atoms with Crippen LogP contribution in [0.1, 0.15) is 30.5 Å². The Bertz CT molecular complexity index is 487. The molecule has 2 aromatic rings. The summed E-state index contributed by atoms with van der Waals surface area (Å²) in [6.07, 6.45) is 7.29. The number of rotatable bonds is 5. The second kappa shape index (κ2) is 6.21. The van der Waals surface area contributed by atoms with Crippen LogP contribution >= 0.6 is 0 Å². The summed E-state index contributed by atoms with van der Waals surface area (Å²) in [4.78, 5) is 7.78. The van der Waals surface area contributed by atoms with Gasteiger partial charge in [0.2, 0.25) is 0 Å². The maximum atomic E-state index is 13.8. The molecule has 0 fully saturated rings. The van der Waals surface area contributed by atoms with E-state index in [-0.39, 0.29) is 11.9 Å². The summed E-state index contributed by atoms with van der Waals surface area (Å²) in [6, 6.07) is 5.35. The molecule has 18 heavy (non-hydrogen) atoms. The van der Waals surface area contributed by atoms with Crippen LogP contribution in [0.4, 0.5) is 4.39 Å². The van der Waals surface area contributed by atoms with E-state index in [1.165, 1.54) is 6.20 Å². The molecule has 0 radical (unpaired) electrons. The van der Waals surface area contributed by atoms with Crippen molar-refractivity contribution >= 4 is 0 Å². The fourth-order valence-corrected chi connectivity index (χ4v) is 1.87. The van der Waals surface area contributed by atoms with Gasteiger partial charge in [-0.3, -0.25) is 9.97 Å². The molecule has 0 aliphatic carbocycles. The predicted molar refractivity (Wildman–Crippen MR) is 68.6 cm³/mol. The Morgan fingerprint density at radius 2 is 1.89 bits per heavy atom. The molecular weight excluding hydrogens is 229 g/mol. The lowest BCUT2D eigenvalue weighted by atomic mass is 10.00. The van der Waals surface area contributed by atoms with Crippen molar-refractivity contribution in [1.29, 1.82) is 0 Å². The molecule has 0 aliphatic rings. The summed E-state index contributed by atoms with van der Waals surface area (Å²) < 4.78 is 13.8. The number of nitrogens with zero attached hydrogens (tertiary/aromatic N) is 2. The van der Waals surface area contributed by atoms with Gasteiger partial charge >= 0.3 is 0 Å². The fourth-order valence-electron chi connectivity index (χ4n) is 1.87. The number of aromatic nitrogens is 2. The molecule has 1 unspecified atom stereocenters. The summed E-state index contributed by atoms with van der Waals surface area (Å²) in [5, 5.41) is 3.35. The molecule has 0 aliphatic heterocycles. The van der Waals surface area contributed by atoms with Crippen LogP contribution in [0.15, 0.2) is 43.0 Å². The number of pyridine rings is 2. The van der Waals surface area contributed by atoms with Crippen LogP contribution < -0.4 is 5.32 Å². The van der Waals surface area contributed by atoms with Crippen molar-refractivity contribution < 1.29 is 4.39 Å². The minimum atomic E-state index is -0.289. The van der Waals surface area contributed by atoms with Crippen LogP contribution in [-0.4, -0.2) is 16.5 Å². The first-order chi connectivity index (χ1) is 8.83. The average Bonchev–Trinajstić information content (AvgIpc) is 2.42. The van der Waals surface area contributed by atoms with E-state index in [0.29, 0.717) is 5.56 Å². The van der Waals surface area contributed by atoms with Gasteiger partial charge in [0.1, 0.15) is 5.82 Å². The van der Waals surface area contributed by atoms with E-state index in [1.54, 1.807) is 24.7 Å². The van der Waals surface area contributed by atoms with Gasteiger partial charge in [-0.15, -0.1) is 0 Å². The highest BCUT2D eigenvalue weighted by Crippen LogP contribution is 2.23. The van der Waals surface area contributed by atoms with E-state index in [1.807, 2.05) is 12.1 Å². The van der Waals surface area contributed by atoms with Crippen molar-refractivity contribution in [3.63, 3.8) is 0 Å². The first-order valence-electron chi connectivity index (χ1n) is 6.05. The van der Waals surface area contributed by atoms with Crippen LogP contribution in [0.25, 0.3) is 0 Å². The fraction of sp³-hybridized carbons (Fsp3) is 0.286. The highest BCUT2D eigenvalue weighted by atomic mass is 19.1. The third-order valence-corrected chi connectivity index (χ3v) is 2.75. The van der Waals surface area contributed by atoms with Crippen molar-refractivity contribution in [3.8, 4) is 0 Å². The second-order valence-electron chi connectivity index (χ2n) is 4.06. The van der Waals surface area contributed by atoms with Gasteiger partial charge in [0.05, 0.1) is 12.2 Å². The lowest BCUT2D eigenvalue weighted by Crippen LogP contribution is -2.24. The Labute approximate surface area is 106 Å². The third-order valence-electron chi connectivity index (χ3n) is 2.75. The minimum Gasteiger partial charge on any atom is -0.306 e. The maximum Gasteiger partial charge on any atom is 0.146 e. The van der Waals surface area contributed by atoms with Gasteiger partial charge in [-0.05, 0) is 36.7 Å². The number of nitrogens with one attached hydrogen (secondary N) is 1. The Morgan fingerprint density at radius 1 is 1.17 bits per heavy atom. The van der Waals surface area contributed by atoms with Gasteiger partial charge in [0.25, 0.3) is 0 Å². The third kappa shape index (κ3) is 2.90. The molecule has 2 aromatic heterocycles. The second-order valence-corrected chi connectivity index (χ2v) is 4.06. The van der Waals surface area contributed by atoms with Crippen molar-refractivity contribution in [3.05, 3.63) is 59.9 Å². The molecule has 1 N–H and O–H groups in total. The molecule has 3 nitrogen and oxygen atoms in total. The molecule has 2 rings (SSSR count). The first kappa shape index (κ1) is 12.6. The van der Waals surface area contributed by atoms with Crippen LogP contribution in [0.5, 0.6) is 0 Å². The molecule has 1 atom stereocenters. The number of hydrogen-bond donors (Lipinski definition) is 1. The van der Waals surface area contributed by atoms with Gasteiger partial charge in [-0.25, -0.2) is 4.39 Å². The summed E-state index contributed by atoms with van der Waals surface area (Å²) in [6.45, 7) is 2.91. The standard InChI is InChI=1S/C14H16FN3/c1-2-6-18-14(11-3-7-16-8-4-11)12-5-9-17-10-13(12)15/h3-5,7-10,14,18H,2,6H2,1H3. The van der Waals surface area contributed by atoms with Gasteiger partial charge < -0.3 is 5.32 Å². The van der Waals surface area contributed by atoms with Gasteiger partial charge in [-0.2, -0.15) is 0 Å². The Morgan fingerprint density at radius 3 is 2.56 bits per heavy atom. The zero-order valence-electron chi connectivity index (χ0n) is 10.3. The Balaban J connectivity index is 2.34. The van der Waals surface area contributed by atoms with Crippen LogP contribution in [-0.2, 0) is 0 Å². The maximum absolute atomic E-state index is 13.8. The predicted octanol–water partition coefficient (Wildman–Crippen LogP) is 2.70. The first-order valence-corrected chi connectivity index (χ1v) is 6.05. The Hall–Kier alpha value is -1.81. The van der Waals surface area contributed by atoms with Crippen molar-refractivity contribution in [2.45, 2.75) is 19.4 Å². The van der Waals surface area contributed by atoms with Crippen molar-refractivity contribution in [1.82, 2.24) is 15.3 Å². The number of hydrogen-bond acceptors (Lipinski definition) is 3. The zero-order chi connectivity index (χ0) is 12.8. The summed E-state index contributed by atoms with van der Waals surface area (Å²) in [7, 11) is 0. The monoisotopic (exact) mass is 245 g/mol. The van der Waals surface area contributed by atoms with E-state index in [2.05, 4.69) is 22.2 Å². The summed E-state index contributed by atoms with van der Waals surface area (Å²) >= 11 is 0. The minimum absolute atomic E-state index is 0.157. The van der Waals surface area contributed by atoms with Gasteiger partial charge in [0, 0.05) is 24.2 Å². The molecular formula is C14H16FN3. The SMILES string of the molecule is CCCNC(c1ccncc1)c1ccncc1F. The average molecular weight is 245 g/mol. The molecule has 0 amide bonds. The molecule has 0 bridgehead atoms. The largest absolute Gasteiger partial charge is 0.306 e. The molecule has 2 heterocycles. The van der Waals surface area contributed by atoms with Crippen molar-refractivity contribution in [2.24, 2.45) is 0 Å². The van der Waals surface area contributed by atoms with E-state index in [4.69, 9.17) is 0 Å². The summed E-state index contributed by atoms with van der Waals surface area (Å²) in [5.74, 6) is -0.289. The molecule has 0 saturated carbocycles. The lowest BCUT2D eigenvalue weighted by molar-refractivity contribution is 0.543. The van der Waals surface area contributed by atoms with Gasteiger partial charge in [0.15, 0.2) is 0 Å². The van der Waals surface area contributed by atoms with Gasteiger partial charge in [-0.1, -0.05) is 6.92 Å². The summed E-state index contributed by atoms with van der Waals surface area (Å²) in [5.41, 5.74) is 1.62. The zero-order valence-corrected chi connectivity index (χ0v) is 10.3. The van der Waals surface area contributed by atoms with E-state index >= 15 is 0 Å². The molecule has 0 saturated heterocycles. The topological polar surface area (TPSA) is 37.8 Å². The Kier molecular flexibility index (Phi) is 4.36. The highest BCUT2D eigenvalue weighted by Gasteiger charge is 2.16. The van der Waals surface area contributed by atoms with Crippen LogP contribution in [0.2, 0.25) is 0 Å². The molecule has 4 heteroatoms.